The predicted octanol–water partition coefficient (Wildman–Crippen LogP) is 3.24. The second kappa shape index (κ2) is 5.26. The van der Waals surface area contributed by atoms with Crippen LogP contribution in [0.3, 0.4) is 0 Å². The van der Waals surface area contributed by atoms with Gasteiger partial charge in [-0.2, -0.15) is 0 Å². The third kappa shape index (κ3) is 2.50. The van der Waals surface area contributed by atoms with Gasteiger partial charge in [-0.25, -0.2) is 0 Å². The highest BCUT2D eigenvalue weighted by atomic mass is 35.5. The molecule has 0 aliphatic rings. The Hall–Kier alpha value is -1.15. The van der Waals surface area contributed by atoms with Crippen LogP contribution < -0.4 is 0 Å². The molecule has 0 amide bonds. The topological polar surface area (TPSA) is 34.1 Å². The molecule has 1 rings (SSSR count). The third-order valence-electron chi connectivity index (χ3n) is 2.77. The van der Waals surface area contributed by atoms with Gasteiger partial charge in [-0.05, 0) is 12.8 Å². The maximum absolute atomic E-state index is 11.9. The Labute approximate surface area is 101 Å². The maximum atomic E-state index is 11.9. The van der Waals surface area contributed by atoms with Crippen molar-refractivity contribution in [2.75, 3.05) is 0 Å². The highest BCUT2D eigenvalue weighted by Crippen LogP contribution is 2.26. The van der Waals surface area contributed by atoms with Gasteiger partial charge in [0, 0.05) is 5.56 Å². The van der Waals surface area contributed by atoms with Crippen LogP contribution in [-0.4, -0.2) is 16.4 Å². The fourth-order valence-electron chi connectivity index (χ4n) is 1.50. The van der Waals surface area contributed by atoms with Gasteiger partial charge < -0.3 is 0 Å². The first-order valence-corrected chi connectivity index (χ1v) is 5.76. The highest BCUT2D eigenvalue weighted by molar-refractivity contribution is 6.55. The van der Waals surface area contributed by atoms with E-state index in [1.807, 2.05) is 13.8 Å². The van der Waals surface area contributed by atoms with Crippen LogP contribution >= 0.6 is 11.6 Å². The van der Waals surface area contributed by atoms with Gasteiger partial charge in [0.15, 0.2) is 0 Å². The minimum Gasteiger partial charge on any atom is -0.288 e. The summed E-state index contributed by atoms with van der Waals surface area (Å²) in [5, 5.41) is 0. The van der Waals surface area contributed by atoms with E-state index in [9.17, 15) is 9.59 Å². The summed E-state index contributed by atoms with van der Waals surface area (Å²) in [7, 11) is 0. The molecule has 0 radical (unpaired) electrons. The second-order valence-electron chi connectivity index (χ2n) is 3.70. The zero-order chi connectivity index (χ0) is 12.2. The Morgan fingerprint density at radius 1 is 1.12 bits per heavy atom. The average Bonchev–Trinajstić information content (AvgIpc) is 2.37. The molecule has 3 heteroatoms. The quantitative estimate of drug-likeness (QED) is 0.448. The van der Waals surface area contributed by atoms with E-state index < -0.39 is 16.4 Å². The fraction of sp³-hybridized carbons (Fsp3) is 0.385. The molecular weight excluding hydrogens is 224 g/mol. The number of hydrogen-bond acceptors (Lipinski definition) is 2. The van der Waals surface area contributed by atoms with E-state index in [1.165, 1.54) is 0 Å². The SMILES string of the molecule is CCC(Cl)(CC)C(=O)C(=O)c1ccccc1. The molecule has 0 fully saturated rings. The van der Waals surface area contributed by atoms with Gasteiger partial charge in [0.25, 0.3) is 0 Å². The van der Waals surface area contributed by atoms with E-state index in [-0.39, 0.29) is 0 Å². The molecule has 86 valence electrons. The van der Waals surface area contributed by atoms with Crippen molar-refractivity contribution in [1.82, 2.24) is 0 Å². The van der Waals surface area contributed by atoms with Crippen LogP contribution in [0, 0.1) is 0 Å². The number of benzene rings is 1. The first kappa shape index (κ1) is 12.9. The molecule has 0 aliphatic carbocycles. The van der Waals surface area contributed by atoms with Gasteiger partial charge in [-0.1, -0.05) is 44.2 Å². The lowest BCUT2D eigenvalue weighted by Crippen LogP contribution is -2.37. The van der Waals surface area contributed by atoms with E-state index in [1.54, 1.807) is 30.3 Å². The largest absolute Gasteiger partial charge is 0.288 e. The molecule has 1 aromatic carbocycles. The predicted molar refractivity (Wildman–Crippen MR) is 64.9 cm³/mol. The van der Waals surface area contributed by atoms with Gasteiger partial charge >= 0.3 is 0 Å². The smallest absolute Gasteiger partial charge is 0.230 e. The highest BCUT2D eigenvalue weighted by Gasteiger charge is 2.37. The summed E-state index contributed by atoms with van der Waals surface area (Å²) in [6.45, 7) is 3.62. The normalized spacial score (nSPS) is 11.2. The summed E-state index contributed by atoms with van der Waals surface area (Å²) in [6.07, 6.45) is 0.922. The Kier molecular flexibility index (Phi) is 4.25. The molecule has 16 heavy (non-hydrogen) atoms. The molecule has 0 aliphatic heterocycles. The van der Waals surface area contributed by atoms with E-state index in [2.05, 4.69) is 0 Å². The number of ketones is 2. The fourth-order valence-corrected chi connectivity index (χ4v) is 1.58. The molecule has 0 spiro atoms. The summed E-state index contributed by atoms with van der Waals surface area (Å²) in [6, 6.07) is 8.52. The van der Waals surface area contributed by atoms with E-state index in [0.29, 0.717) is 18.4 Å². The van der Waals surface area contributed by atoms with Crippen LogP contribution in [0.15, 0.2) is 30.3 Å². The lowest BCUT2D eigenvalue weighted by Gasteiger charge is -2.20. The summed E-state index contributed by atoms with van der Waals surface area (Å²) in [4.78, 5) is 22.8. The van der Waals surface area contributed by atoms with Crippen LogP contribution in [0.4, 0.5) is 0 Å². The molecule has 2 nitrogen and oxygen atoms in total. The van der Waals surface area contributed by atoms with Crippen molar-refractivity contribution in [3.05, 3.63) is 35.9 Å². The number of halogens is 1. The molecule has 0 aromatic heterocycles. The Balaban J connectivity index is 2.95. The zero-order valence-corrected chi connectivity index (χ0v) is 10.3. The minimum absolute atomic E-state index is 0.402. The Bertz CT molecular complexity index is 380. The third-order valence-corrected chi connectivity index (χ3v) is 3.48. The number of carbonyl (C=O) groups excluding carboxylic acids is 2. The first-order chi connectivity index (χ1) is 7.55. The van der Waals surface area contributed by atoms with Crippen molar-refractivity contribution >= 4 is 23.2 Å². The average molecular weight is 239 g/mol. The molecule has 1 aromatic rings. The van der Waals surface area contributed by atoms with Crippen LogP contribution in [0.1, 0.15) is 37.0 Å². The summed E-state index contributed by atoms with van der Waals surface area (Å²) in [5.41, 5.74) is 0.402. The van der Waals surface area contributed by atoms with Gasteiger partial charge in [0.05, 0.1) is 0 Å². The van der Waals surface area contributed by atoms with Crippen LogP contribution in [-0.2, 0) is 4.79 Å². The van der Waals surface area contributed by atoms with Crippen molar-refractivity contribution in [2.24, 2.45) is 0 Å². The van der Waals surface area contributed by atoms with Crippen molar-refractivity contribution in [1.29, 1.82) is 0 Å². The Morgan fingerprint density at radius 3 is 2.06 bits per heavy atom. The maximum Gasteiger partial charge on any atom is 0.230 e. The number of carbonyl (C=O) groups is 2. The summed E-state index contributed by atoms with van der Waals surface area (Å²) < 4.78 is 0. The van der Waals surface area contributed by atoms with Crippen molar-refractivity contribution in [2.45, 2.75) is 31.6 Å². The van der Waals surface area contributed by atoms with E-state index in [0.717, 1.165) is 0 Å². The summed E-state index contributed by atoms with van der Waals surface area (Å²) >= 11 is 6.13. The first-order valence-electron chi connectivity index (χ1n) is 5.38. The molecule has 0 bridgehead atoms. The number of alkyl halides is 1. The van der Waals surface area contributed by atoms with E-state index >= 15 is 0 Å². The monoisotopic (exact) mass is 238 g/mol. The van der Waals surface area contributed by atoms with Crippen molar-refractivity contribution in [3.8, 4) is 0 Å². The second-order valence-corrected chi connectivity index (χ2v) is 4.42. The molecule has 0 N–H and O–H groups in total. The molecule has 0 atom stereocenters. The van der Waals surface area contributed by atoms with Crippen LogP contribution in [0.5, 0.6) is 0 Å². The molecule has 0 heterocycles. The number of hydrogen-bond donors (Lipinski definition) is 0. The van der Waals surface area contributed by atoms with Gasteiger partial charge in [-0.3, -0.25) is 9.59 Å². The van der Waals surface area contributed by atoms with Gasteiger partial charge in [0.1, 0.15) is 4.87 Å². The standard InChI is InChI=1S/C13H15ClO2/c1-3-13(14,4-2)12(16)11(15)10-8-6-5-7-9-10/h5-9H,3-4H2,1-2H3. The lowest BCUT2D eigenvalue weighted by molar-refractivity contribution is -0.117. The van der Waals surface area contributed by atoms with E-state index in [4.69, 9.17) is 11.6 Å². The summed E-state index contributed by atoms with van der Waals surface area (Å²) in [5.74, 6) is -1.01. The van der Waals surface area contributed by atoms with Crippen LogP contribution in [0.25, 0.3) is 0 Å². The molecule has 0 unspecified atom stereocenters. The number of rotatable bonds is 5. The minimum atomic E-state index is -1.05. The lowest BCUT2D eigenvalue weighted by atomic mass is 9.91. The molecule has 0 saturated carbocycles. The Morgan fingerprint density at radius 2 is 1.62 bits per heavy atom. The molecular formula is C13H15ClO2. The van der Waals surface area contributed by atoms with Crippen LogP contribution in [0.2, 0.25) is 0 Å². The van der Waals surface area contributed by atoms with Gasteiger partial charge in [0.2, 0.25) is 11.6 Å². The van der Waals surface area contributed by atoms with Gasteiger partial charge in [-0.15, -0.1) is 11.6 Å². The zero-order valence-electron chi connectivity index (χ0n) is 9.50. The number of Topliss-reactive ketones (excluding diaryl/α,β-unsaturated/α-hetero) is 2. The molecule has 0 saturated heterocycles. The van der Waals surface area contributed by atoms with Crippen molar-refractivity contribution in [3.63, 3.8) is 0 Å². The van der Waals surface area contributed by atoms with Crippen molar-refractivity contribution < 1.29 is 9.59 Å².